The maximum absolute atomic E-state index is 12.0. The molecule has 0 unspecified atom stereocenters. The van der Waals surface area contributed by atoms with Crippen molar-refractivity contribution < 1.29 is 19.1 Å². The first-order chi connectivity index (χ1) is 17.5. The molecule has 36 heavy (non-hydrogen) atoms. The van der Waals surface area contributed by atoms with E-state index in [1.807, 2.05) is 18.2 Å². The Morgan fingerprint density at radius 2 is 1.75 bits per heavy atom. The normalized spacial score (nSPS) is 10.7. The Bertz CT molecular complexity index is 1390. The number of fused-ring (bicyclic) bond motifs is 1. The quantitative estimate of drug-likeness (QED) is 0.170. The number of aromatic nitrogens is 4. The van der Waals surface area contributed by atoms with Crippen molar-refractivity contribution in [2.24, 2.45) is 0 Å². The number of unbranched alkanes of at least 4 members (excludes halogenated alkanes) is 1. The van der Waals surface area contributed by atoms with Crippen LogP contribution < -0.4 is 16.4 Å². The second-order valence-corrected chi connectivity index (χ2v) is 8.01. The topological polar surface area (TPSA) is 146 Å². The highest BCUT2D eigenvalue weighted by Crippen LogP contribution is 2.24. The molecule has 0 aliphatic rings. The van der Waals surface area contributed by atoms with Crippen LogP contribution in [0.4, 0.5) is 29.0 Å². The minimum absolute atomic E-state index is 0.230. The molecule has 4 rings (SSSR count). The number of anilines is 5. The van der Waals surface area contributed by atoms with Gasteiger partial charge in [-0.15, -0.1) is 0 Å². The summed E-state index contributed by atoms with van der Waals surface area (Å²) in [6.45, 7) is 0. The van der Waals surface area contributed by atoms with Gasteiger partial charge in [-0.05, 0) is 55.7 Å². The number of hydrogen-bond acceptors (Lipinski definition) is 10. The highest BCUT2D eigenvalue weighted by Gasteiger charge is 2.15. The minimum atomic E-state index is -0.441. The lowest BCUT2D eigenvalue weighted by Crippen LogP contribution is -2.09. The van der Waals surface area contributed by atoms with Gasteiger partial charge in [0.2, 0.25) is 11.9 Å². The molecule has 0 fully saturated rings. The monoisotopic (exact) mass is 489 g/mol. The Labute approximate surface area is 207 Å². The van der Waals surface area contributed by atoms with E-state index in [2.05, 4.69) is 25.7 Å². The SMILES string of the molecule is COC(=O)CCCCc1cnn2c(Nc3cccc(C(=O)OC)c3)nc(Nc3cccc(N)c3)nc12. The Morgan fingerprint density at radius 1 is 0.972 bits per heavy atom. The third-order valence-corrected chi connectivity index (χ3v) is 5.43. The third kappa shape index (κ3) is 5.87. The zero-order valence-corrected chi connectivity index (χ0v) is 20.0. The number of hydrogen-bond donors (Lipinski definition) is 3. The van der Waals surface area contributed by atoms with Crippen molar-refractivity contribution in [3.63, 3.8) is 0 Å². The average Bonchev–Trinajstić information content (AvgIpc) is 3.29. The molecule has 11 nitrogen and oxygen atoms in total. The Morgan fingerprint density at radius 3 is 2.50 bits per heavy atom. The summed E-state index contributed by atoms with van der Waals surface area (Å²) in [4.78, 5) is 32.7. The molecule has 0 aliphatic carbocycles. The van der Waals surface area contributed by atoms with Gasteiger partial charge in [0, 0.05) is 29.0 Å². The molecule has 0 amide bonds. The summed E-state index contributed by atoms with van der Waals surface area (Å²) in [5.41, 5.74) is 9.80. The molecule has 0 radical (unpaired) electrons. The molecule has 0 bridgehead atoms. The Balaban J connectivity index is 1.66. The van der Waals surface area contributed by atoms with Crippen LogP contribution in [-0.2, 0) is 20.7 Å². The number of esters is 2. The summed E-state index contributed by atoms with van der Waals surface area (Å²) >= 11 is 0. The van der Waals surface area contributed by atoms with Gasteiger partial charge in [-0.2, -0.15) is 19.6 Å². The predicted octanol–water partition coefficient (Wildman–Crippen LogP) is 3.87. The molecule has 2 aromatic carbocycles. The predicted molar refractivity (Wildman–Crippen MR) is 136 cm³/mol. The van der Waals surface area contributed by atoms with Gasteiger partial charge in [0.15, 0.2) is 5.65 Å². The van der Waals surface area contributed by atoms with Crippen LogP contribution in [-0.4, -0.2) is 45.7 Å². The smallest absolute Gasteiger partial charge is 0.337 e. The van der Waals surface area contributed by atoms with Gasteiger partial charge >= 0.3 is 11.9 Å². The third-order valence-electron chi connectivity index (χ3n) is 5.43. The van der Waals surface area contributed by atoms with Gasteiger partial charge < -0.3 is 25.8 Å². The summed E-state index contributed by atoms with van der Waals surface area (Å²) in [6.07, 6.45) is 4.22. The van der Waals surface area contributed by atoms with Gasteiger partial charge in [0.25, 0.3) is 0 Å². The van der Waals surface area contributed by atoms with Crippen LogP contribution in [0.25, 0.3) is 5.65 Å². The van der Waals surface area contributed by atoms with Gasteiger partial charge in [0.1, 0.15) is 0 Å². The molecule has 0 aliphatic heterocycles. The van der Waals surface area contributed by atoms with Crippen LogP contribution in [0.15, 0.2) is 54.7 Å². The minimum Gasteiger partial charge on any atom is -0.469 e. The number of nitrogens with zero attached hydrogens (tertiary/aromatic N) is 4. The lowest BCUT2D eigenvalue weighted by atomic mass is 10.1. The number of benzene rings is 2. The summed E-state index contributed by atoms with van der Waals surface area (Å²) in [5.74, 6) is 0.0700. The van der Waals surface area contributed by atoms with E-state index in [9.17, 15) is 9.59 Å². The van der Waals surface area contributed by atoms with Crippen LogP contribution in [0.3, 0.4) is 0 Å². The maximum atomic E-state index is 12.0. The summed E-state index contributed by atoms with van der Waals surface area (Å²) in [5, 5.41) is 10.9. The van der Waals surface area contributed by atoms with Crippen LogP contribution >= 0.6 is 0 Å². The van der Waals surface area contributed by atoms with Crippen LogP contribution in [0.2, 0.25) is 0 Å². The second-order valence-electron chi connectivity index (χ2n) is 8.01. The second kappa shape index (κ2) is 11.2. The number of rotatable bonds is 10. The van der Waals surface area contributed by atoms with Crippen LogP contribution in [0.5, 0.6) is 0 Å². The molecular formula is C25H27N7O4. The van der Waals surface area contributed by atoms with Crippen molar-refractivity contribution in [2.45, 2.75) is 25.7 Å². The number of nitrogens with two attached hydrogens (primary N) is 1. The van der Waals surface area contributed by atoms with Gasteiger partial charge in [0.05, 0.1) is 26.0 Å². The van der Waals surface area contributed by atoms with E-state index < -0.39 is 5.97 Å². The number of nitrogens with one attached hydrogen (secondary N) is 2. The first-order valence-electron chi connectivity index (χ1n) is 11.4. The zero-order valence-electron chi connectivity index (χ0n) is 20.0. The van der Waals surface area contributed by atoms with E-state index in [4.69, 9.17) is 15.2 Å². The van der Waals surface area contributed by atoms with Crippen molar-refractivity contribution in [3.05, 3.63) is 65.9 Å². The molecule has 2 aromatic heterocycles. The summed E-state index contributed by atoms with van der Waals surface area (Å²) in [6, 6.07) is 14.2. The number of ether oxygens (including phenoxy) is 2. The molecule has 186 valence electrons. The highest BCUT2D eigenvalue weighted by molar-refractivity contribution is 5.90. The number of nitrogen functional groups attached to an aromatic ring is 1. The lowest BCUT2D eigenvalue weighted by molar-refractivity contribution is -0.140. The molecule has 11 heteroatoms. The van der Waals surface area contributed by atoms with E-state index in [-0.39, 0.29) is 5.97 Å². The Kier molecular flexibility index (Phi) is 7.59. The number of aryl methyl sites for hydroxylation is 1. The summed E-state index contributed by atoms with van der Waals surface area (Å²) in [7, 11) is 2.72. The molecular weight excluding hydrogens is 462 g/mol. The first-order valence-corrected chi connectivity index (χ1v) is 11.4. The van der Waals surface area contributed by atoms with Crippen molar-refractivity contribution in [2.75, 3.05) is 30.6 Å². The lowest BCUT2D eigenvalue weighted by Gasteiger charge is -2.12. The highest BCUT2D eigenvalue weighted by atomic mass is 16.5. The van der Waals surface area contributed by atoms with E-state index >= 15 is 0 Å². The van der Waals surface area contributed by atoms with Crippen molar-refractivity contribution >= 4 is 46.5 Å². The van der Waals surface area contributed by atoms with Crippen molar-refractivity contribution in [3.8, 4) is 0 Å². The van der Waals surface area contributed by atoms with E-state index in [1.165, 1.54) is 14.2 Å². The number of carbonyl (C=O) groups excluding carboxylic acids is 2. The van der Waals surface area contributed by atoms with E-state index in [1.54, 1.807) is 41.0 Å². The van der Waals surface area contributed by atoms with Crippen molar-refractivity contribution in [1.29, 1.82) is 0 Å². The molecule has 0 spiro atoms. The van der Waals surface area contributed by atoms with Gasteiger partial charge in [-0.1, -0.05) is 12.1 Å². The fourth-order valence-electron chi connectivity index (χ4n) is 3.64. The Hall–Kier alpha value is -4.67. The number of carbonyl (C=O) groups is 2. The fourth-order valence-corrected chi connectivity index (χ4v) is 3.64. The molecule has 2 heterocycles. The molecule has 0 saturated heterocycles. The molecule has 0 atom stereocenters. The molecule has 4 N–H and O–H groups in total. The maximum Gasteiger partial charge on any atom is 0.337 e. The van der Waals surface area contributed by atoms with Gasteiger partial charge in [-0.25, -0.2) is 4.79 Å². The van der Waals surface area contributed by atoms with Crippen LogP contribution in [0, 0.1) is 0 Å². The number of methoxy groups -OCH3 is 2. The van der Waals surface area contributed by atoms with E-state index in [0.29, 0.717) is 53.7 Å². The largest absolute Gasteiger partial charge is 0.469 e. The standard InChI is InChI=1S/C25H27N7O4/c1-35-21(33)12-4-3-7-17-15-27-32-22(17)30-24(28-20-11-6-9-18(26)14-20)31-25(32)29-19-10-5-8-16(13-19)23(34)36-2/h5-6,8-11,13-15H,3-4,7,12,26H2,1-2H3,(H2,28,29,30,31). The van der Waals surface area contributed by atoms with Crippen molar-refractivity contribution in [1.82, 2.24) is 19.6 Å². The average molecular weight is 490 g/mol. The van der Waals surface area contributed by atoms with Crippen LogP contribution in [0.1, 0.15) is 35.2 Å². The summed E-state index contributed by atoms with van der Waals surface area (Å²) < 4.78 is 11.1. The van der Waals surface area contributed by atoms with Gasteiger partial charge in [-0.3, -0.25) is 4.79 Å². The van der Waals surface area contributed by atoms with E-state index in [0.717, 1.165) is 17.7 Å². The zero-order chi connectivity index (χ0) is 25.5. The first kappa shape index (κ1) is 24.5. The fraction of sp³-hybridized carbons (Fsp3) is 0.240. The molecule has 0 saturated carbocycles. The molecule has 4 aromatic rings.